The number of nitrogens with zero attached hydrogens (tertiary/aromatic N) is 3. The van der Waals surface area contributed by atoms with E-state index in [1.807, 2.05) is 84.3 Å². The molecule has 8 heteroatoms. The molecule has 1 atom stereocenters. The van der Waals surface area contributed by atoms with Gasteiger partial charge in [-0.05, 0) is 36.8 Å². The zero-order valence-corrected chi connectivity index (χ0v) is 19.8. The Balaban J connectivity index is 1.61. The summed E-state index contributed by atoms with van der Waals surface area (Å²) < 4.78 is 7.33. The van der Waals surface area contributed by atoms with Crippen LogP contribution in [-0.2, 0) is 11.3 Å². The first-order valence-corrected chi connectivity index (χ1v) is 11.6. The minimum absolute atomic E-state index is 0.155. The third kappa shape index (κ3) is 5.38. The lowest BCUT2D eigenvalue weighted by molar-refractivity contribution is -0.115. The van der Waals surface area contributed by atoms with E-state index in [1.54, 1.807) is 13.2 Å². The number of thioether (sulfide) groups is 1. The molecule has 3 aromatic carbocycles. The van der Waals surface area contributed by atoms with Crippen LogP contribution in [0.15, 0.2) is 84.0 Å². The number of nitrogens with one attached hydrogen (secondary N) is 1. The molecule has 4 rings (SSSR count). The largest absolute Gasteiger partial charge is 0.495 e. The van der Waals surface area contributed by atoms with Crippen molar-refractivity contribution in [1.29, 1.82) is 0 Å². The summed E-state index contributed by atoms with van der Waals surface area (Å²) >= 11 is 7.80. The van der Waals surface area contributed by atoms with Gasteiger partial charge in [-0.2, -0.15) is 0 Å². The molecule has 1 amide bonds. The molecular formula is C25H23ClN4O2S. The number of ether oxygens (including phenoxy) is 1. The Labute approximate surface area is 202 Å². The number of carbonyl (C=O) groups excluding carboxylic acids is 1. The predicted molar refractivity (Wildman–Crippen MR) is 133 cm³/mol. The molecule has 0 spiro atoms. The minimum Gasteiger partial charge on any atom is -0.495 e. The first-order chi connectivity index (χ1) is 16.1. The molecular weight excluding hydrogens is 456 g/mol. The van der Waals surface area contributed by atoms with Gasteiger partial charge in [0.05, 0.1) is 29.6 Å². The van der Waals surface area contributed by atoms with E-state index in [-0.39, 0.29) is 5.91 Å². The SMILES string of the molecule is COc1ccccc1NC(=O)C(C)Sc1nnc(-c2ccccc2Cl)n1Cc1ccccc1. The van der Waals surface area contributed by atoms with E-state index in [1.165, 1.54) is 11.8 Å². The van der Waals surface area contributed by atoms with Crippen molar-refractivity contribution in [1.82, 2.24) is 14.8 Å². The second-order valence-electron chi connectivity index (χ2n) is 7.31. The zero-order chi connectivity index (χ0) is 23.2. The summed E-state index contributed by atoms with van der Waals surface area (Å²) in [6.45, 7) is 2.39. The van der Waals surface area contributed by atoms with Crippen LogP contribution in [0.1, 0.15) is 12.5 Å². The third-order valence-electron chi connectivity index (χ3n) is 5.03. The average Bonchev–Trinajstić information content (AvgIpc) is 3.22. The van der Waals surface area contributed by atoms with E-state index < -0.39 is 5.25 Å². The Hall–Kier alpha value is -3.29. The lowest BCUT2D eigenvalue weighted by atomic mass is 10.2. The van der Waals surface area contributed by atoms with Crippen LogP contribution in [-0.4, -0.2) is 33.0 Å². The molecule has 0 fully saturated rings. The number of benzene rings is 3. The maximum Gasteiger partial charge on any atom is 0.237 e. The maximum absolute atomic E-state index is 12.9. The first kappa shape index (κ1) is 22.9. The smallest absolute Gasteiger partial charge is 0.237 e. The summed E-state index contributed by atoms with van der Waals surface area (Å²) in [5, 5.41) is 12.6. The monoisotopic (exact) mass is 478 g/mol. The van der Waals surface area contributed by atoms with E-state index in [2.05, 4.69) is 15.5 Å². The highest BCUT2D eigenvalue weighted by Crippen LogP contribution is 2.32. The molecule has 1 aromatic heterocycles. The van der Waals surface area contributed by atoms with E-state index >= 15 is 0 Å². The molecule has 33 heavy (non-hydrogen) atoms. The topological polar surface area (TPSA) is 69.0 Å². The van der Waals surface area contributed by atoms with Crippen LogP contribution in [0, 0.1) is 0 Å². The Morgan fingerprint density at radius 1 is 1.03 bits per heavy atom. The van der Waals surface area contributed by atoms with Gasteiger partial charge < -0.3 is 10.1 Å². The molecule has 0 saturated heterocycles. The molecule has 1 heterocycles. The van der Waals surface area contributed by atoms with E-state index in [0.717, 1.165) is 11.1 Å². The van der Waals surface area contributed by atoms with Gasteiger partial charge in [-0.25, -0.2) is 0 Å². The van der Waals surface area contributed by atoms with E-state index in [9.17, 15) is 4.79 Å². The highest BCUT2D eigenvalue weighted by atomic mass is 35.5. The molecule has 6 nitrogen and oxygen atoms in total. The Bertz CT molecular complexity index is 1250. The predicted octanol–water partition coefficient (Wildman–Crippen LogP) is 5.77. The van der Waals surface area contributed by atoms with Crippen molar-refractivity contribution in [2.75, 3.05) is 12.4 Å². The maximum atomic E-state index is 12.9. The second-order valence-corrected chi connectivity index (χ2v) is 9.02. The number of hydrogen-bond donors (Lipinski definition) is 1. The fourth-order valence-corrected chi connectivity index (χ4v) is 4.39. The van der Waals surface area contributed by atoms with Crippen LogP contribution in [0.4, 0.5) is 5.69 Å². The number of hydrogen-bond acceptors (Lipinski definition) is 5. The average molecular weight is 479 g/mol. The van der Waals surface area contributed by atoms with E-state index in [4.69, 9.17) is 16.3 Å². The summed E-state index contributed by atoms with van der Waals surface area (Å²) in [6.07, 6.45) is 0. The van der Waals surface area contributed by atoms with Crippen molar-refractivity contribution < 1.29 is 9.53 Å². The van der Waals surface area contributed by atoms with Crippen LogP contribution >= 0.6 is 23.4 Å². The Morgan fingerprint density at radius 3 is 2.48 bits per heavy atom. The molecule has 1 N–H and O–H groups in total. The summed E-state index contributed by atoms with van der Waals surface area (Å²) in [7, 11) is 1.57. The molecule has 1 unspecified atom stereocenters. The number of aromatic nitrogens is 3. The minimum atomic E-state index is -0.423. The molecule has 0 aliphatic carbocycles. The molecule has 4 aromatic rings. The number of amides is 1. The van der Waals surface area contributed by atoms with Gasteiger partial charge in [0.2, 0.25) is 5.91 Å². The third-order valence-corrected chi connectivity index (χ3v) is 6.44. The number of anilines is 1. The van der Waals surface area contributed by atoms with Crippen LogP contribution < -0.4 is 10.1 Å². The zero-order valence-electron chi connectivity index (χ0n) is 18.2. The van der Waals surface area contributed by atoms with Crippen LogP contribution in [0.2, 0.25) is 5.02 Å². The van der Waals surface area contributed by atoms with Crippen LogP contribution in [0.3, 0.4) is 0 Å². The van der Waals surface area contributed by atoms with Crippen molar-refractivity contribution in [2.24, 2.45) is 0 Å². The van der Waals surface area contributed by atoms with Gasteiger partial charge in [0, 0.05) is 5.56 Å². The number of carbonyl (C=O) groups is 1. The lowest BCUT2D eigenvalue weighted by Crippen LogP contribution is -2.23. The highest BCUT2D eigenvalue weighted by Gasteiger charge is 2.22. The Morgan fingerprint density at radius 2 is 1.73 bits per heavy atom. The van der Waals surface area contributed by atoms with Gasteiger partial charge >= 0.3 is 0 Å². The van der Waals surface area contributed by atoms with Crippen molar-refractivity contribution in [3.05, 3.63) is 89.4 Å². The van der Waals surface area contributed by atoms with Crippen molar-refractivity contribution in [3.8, 4) is 17.1 Å². The molecule has 0 aliphatic rings. The van der Waals surface area contributed by atoms with Gasteiger partial charge in [0.15, 0.2) is 11.0 Å². The summed E-state index contributed by atoms with van der Waals surface area (Å²) in [6, 6.07) is 24.9. The van der Waals surface area contributed by atoms with Crippen molar-refractivity contribution in [2.45, 2.75) is 23.9 Å². The molecule has 0 aliphatic heterocycles. The molecule has 0 saturated carbocycles. The fourth-order valence-electron chi connectivity index (χ4n) is 3.32. The van der Waals surface area contributed by atoms with Crippen molar-refractivity contribution >= 4 is 35.0 Å². The quantitative estimate of drug-likeness (QED) is 0.325. The summed E-state index contributed by atoms with van der Waals surface area (Å²) in [5.41, 5.74) is 2.51. The summed E-state index contributed by atoms with van der Waals surface area (Å²) in [4.78, 5) is 12.9. The first-order valence-electron chi connectivity index (χ1n) is 10.4. The number of halogens is 1. The fraction of sp³-hybridized carbons (Fsp3) is 0.160. The standard InChI is InChI=1S/C25H23ClN4O2S/c1-17(24(31)27-21-14-8-9-15-22(21)32-2)33-25-29-28-23(19-12-6-7-13-20(19)26)30(25)16-18-10-4-3-5-11-18/h3-15,17H,16H2,1-2H3,(H,27,31). The molecule has 0 radical (unpaired) electrons. The second kappa shape index (κ2) is 10.6. The lowest BCUT2D eigenvalue weighted by Gasteiger charge is -2.15. The van der Waals surface area contributed by atoms with Gasteiger partial charge in [0.1, 0.15) is 5.75 Å². The highest BCUT2D eigenvalue weighted by molar-refractivity contribution is 8.00. The number of methoxy groups -OCH3 is 1. The van der Waals surface area contributed by atoms with Crippen molar-refractivity contribution in [3.63, 3.8) is 0 Å². The van der Waals surface area contributed by atoms with Gasteiger partial charge in [-0.3, -0.25) is 9.36 Å². The normalized spacial score (nSPS) is 11.7. The summed E-state index contributed by atoms with van der Waals surface area (Å²) in [5.74, 6) is 1.11. The van der Waals surface area contributed by atoms with Crippen LogP contribution in [0.25, 0.3) is 11.4 Å². The van der Waals surface area contributed by atoms with E-state index in [0.29, 0.717) is 34.0 Å². The van der Waals surface area contributed by atoms with Gasteiger partial charge in [0.25, 0.3) is 0 Å². The van der Waals surface area contributed by atoms with Crippen LogP contribution in [0.5, 0.6) is 5.75 Å². The van der Waals surface area contributed by atoms with Gasteiger partial charge in [-0.15, -0.1) is 10.2 Å². The number of rotatable bonds is 8. The van der Waals surface area contributed by atoms with Gasteiger partial charge in [-0.1, -0.05) is 78.0 Å². The molecule has 0 bridgehead atoms. The Kier molecular flexibility index (Phi) is 7.32. The number of para-hydroxylation sites is 2. The molecule has 168 valence electrons.